The predicted octanol–water partition coefficient (Wildman–Crippen LogP) is 0.851. The monoisotopic (exact) mass is 137 g/mol. The first-order chi connectivity index (χ1) is 4.70. The van der Waals surface area contributed by atoms with Gasteiger partial charge in [0.1, 0.15) is 5.82 Å². The maximum Gasteiger partial charge on any atom is 0.146 e. The largest absolute Gasteiger partial charge is 0.361 e. The van der Waals surface area contributed by atoms with Crippen LogP contribution in [0.25, 0.3) is 0 Å². The lowest BCUT2D eigenvalue weighted by atomic mass is 10.5. The van der Waals surface area contributed by atoms with Gasteiger partial charge in [-0.3, -0.25) is 4.98 Å². The summed E-state index contributed by atoms with van der Waals surface area (Å²) in [5, 5.41) is 0. The van der Waals surface area contributed by atoms with Crippen molar-refractivity contribution in [2.75, 3.05) is 19.0 Å². The average molecular weight is 137 g/mol. The maximum atomic E-state index is 4.14. The second kappa shape index (κ2) is 2.64. The van der Waals surface area contributed by atoms with E-state index in [-0.39, 0.29) is 0 Å². The van der Waals surface area contributed by atoms with Gasteiger partial charge in [-0.15, -0.1) is 0 Å². The topological polar surface area (TPSA) is 29.0 Å². The van der Waals surface area contributed by atoms with Crippen LogP contribution in [0.4, 0.5) is 5.82 Å². The lowest BCUT2D eigenvalue weighted by molar-refractivity contribution is 1.02. The van der Waals surface area contributed by atoms with E-state index in [1.54, 1.807) is 12.4 Å². The molecular weight excluding hydrogens is 126 g/mol. The molecule has 10 heavy (non-hydrogen) atoms. The highest BCUT2D eigenvalue weighted by Gasteiger charge is 1.93. The molecule has 0 fully saturated rings. The van der Waals surface area contributed by atoms with Crippen molar-refractivity contribution < 1.29 is 0 Å². The van der Waals surface area contributed by atoms with Crippen LogP contribution in [0.1, 0.15) is 5.69 Å². The highest BCUT2D eigenvalue weighted by molar-refractivity contribution is 5.32. The fourth-order valence-electron chi connectivity index (χ4n) is 0.617. The molecule has 0 spiro atoms. The summed E-state index contributed by atoms with van der Waals surface area (Å²) in [7, 11) is 3.89. The molecular formula is C7H11N3. The van der Waals surface area contributed by atoms with E-state index in [9.17, 15) is 0 Å². The van der Waals surface area contributed by atoms with Gasteiger partial charge in [0.05, 0.1) is 18.1 Å². The molecule has 0 aliphatic rings. The molecule has 0 bridgehead atoms. The summed E-state index contributed by atoms with van der Waals surface area (Å²) in [6.45, 7) is 1.92. The van der Waals surface area contributed by atoms with Crippen LogP contribution in [0.15, 0.2) is 12.4 Å². The number of nitrogens with zero attached hydrogens (tertiary/aromatic N) is 3. The summed E-state index contributed by atoms with van der Waals surface area (Å²) in [4.78, 5) is 10.2. The molecule has 0 unspecified atom stereocenters. The number of aryl methyl sites for hydroxylation is 1. The molecule has 3 nitrogen and oxygen atoms in total. The van der Waals surface area contributed by atoms with Gasteiger partial charge in [0.2, 0.25) is 0 Å². The summed E-state index contributed by atoms with van der Waals surface area (Å²) >= 11 is 0. The zero-order valence-corrected chi connectivity index (χ0v) is 6.50. The van der Waals surface area contributed by atoms with Gasteiger partial charge in [-0.25, -0.2) is 4.98 Å². The van der Waals surface area contributed by atoms with Crippen LogP contribution in [0, 0.1) is 6.92 Å². The van der Waals surface area contributed by atoms with Crippen molar-refractivity contribution in [1.29, 1.82) is 0 Å². The molecule has 1 aromatic rings. The van der Waals surface area contributed by atoms with Gasteiger partial charge < -0.3 is 4.90 Å². The number of hydrogen-bond acceptors (Lipinski definition) is 3. The van der Waals surface area contributed by atoms with Gasteiger partial charge in [-0.2, -0.15) is 0 Å². The summed E-state index contributed by atoms with van der Waals surface area (Å²) in [5.74, 6) is 0.894. The van der Waals surface area contributed by atoms with E-state index in [1.807, 2.05) is 25.9 Å². The fourth-order valence-corrected chi connectivity index (χ4v) is 0.617. The van der Waals surface area contributed by atoms with E-state index < -0.39 is 0 Å². The SMILES string of the molecule is Cc1cnc(N(C)C)cn1. The Morgan fingerprint density at radius 3 is 2.30 bits per heavy atom. The van der Waals surface area contributed by atoms with Crippen LogP contribution < -0.4 is 4.90 Å². The van der Waals surface area contributed by atoms with Gasteiger partial charge >= 0.3 is 0 Å². The highest BCUT2D eigenvalue weighted by atomic mass is 15.1. The molecule has 0 atom stereocenters. The maximum absolute atomic E-state index is 4.14. The number of aromatic nitrogens is 2. The van der Waals surface area contributed by atoms with E-state index >= 15 is 0 Å². The van der Waals surface area contributed by atoms with Crippen molar-refractivity contribution in [3.63, 3.8) is 0 Å². The van der Waals surface area contributed by atoms with E-state index in [0.717, 1.165) is 11.5 Å². The molecule has 0 aliphatic heterocycles. The van der Waals surface area contributed by atoms with Crippen LogP contribution in [-0.2, 0) is 0 Å². The molecule has 0 amide bonds. The van der Waals surface area contributed by atoms with Gasteiger partial charge in [-0.05, 0) is 6.92 Å². The lowest BCUT2D eigenvalue weighted by Crippen LogP contribution is -2.10. The van der Waals surface area contributed by atoms with Gasteiger partial charge in [0.25, 0.3) is 0 Å². The molecule has 0 saturated heterocycles. The lowest BCUT2D eigenvalue weighted by Gasteiger charge is -2.09. The van der Waals surface area contributed by atoms with Crippen molar-refractivity contribution in [2.45, 2.75) is 6.92 Å². The second-order valence-corrected chi connectivity index (χ2v) is 2.41. The molecule has 0 N–H and O–H groups in total. The number of hydrogen-bond donors (Lipinski definition) is 0. The second-order valence-electron chi connectivity index (χ2n) is 2.41. The minimum atomic E-state index is 0.894. The Balaban J connectivity index is 2.89. The minimum absolute atomic E-state index is 0.894. The highest BCUT2D eigenvalue weighted by Crippen LogP contribution is 2.02. The Morgan fingerprint density at radius 2 is 1.90 bits per heavy atom. The van der Waals surface area contributed by atoms with Crippen LogP contribution in [0.2, 0.25) is 0 Å². The standard InChI is InChI=1S/C7H11N3/c1-6-4-9-7(5-8-6)10(2)3/h4-5H,1-3H3. The quantitative estimate of drug-likeness (QED) is 0.574. The minimum Gasteiger partial charge on any atom is -0.361 e. The van der Waals surface area contributed by atoms with E-state index in [1.165, 1.54) is 0 Å². The summed E-state index contributed by atoms with van der Waals surface area (Å²) in [6.07, 6.45) is 3.52. The first-order valence-corrected chi connectivity index (χ1v) is 3.16. The van der Waals surface area contributed by atoms with Crippen LogP contribution in [0.5, 0.6) is 0 Å². The van der Waals surface area contributed by atoms with Crippen molar-refractivity contribution in [2.24, 2.45) is 0 Å². The van der Waals surface area contributed by atoms with Crippen LogP contribution >= 0.6 is 0 Å². The Kier molecular flexibility index (Phi) is 1.85. The third-order valence-corrected chi connectivity index (χ3v) is 1.23. The van der Waals surface area contributed by atoms with Crippen molar-refractivity contribution in [3.8, 4) is 0 Å². The molecule has 54 valence electrons. The molecule has 0 saturated carbocycles. The molecule has 1 aromatic heterocycles. The summed E-state index contributed by atoms with van der Waals surface area (Å²) in [6, 6.07) is 0. The van der Waals surface area contributed by atoms with Crippen molar-refractivity contribution >= 4 is 5.82 Å². The fraction of sp³-hybridized carbons (Fsp3) is 0.429. The van der Waals surface area contributed by atoms with Crippen molar-refractivity contribution in [1.82, 2.24) is 9.97 Å². The molecule has 1 heterocycles. The summed E-state index contributed by atoms with van der Waals surface area (Å²) in [5.41, 5.74) is 0.950. The predicted molar refractivity (Wildman–Crippen MR) is 41.1 cm³/mol. The van der Waals surface area contributed by atoms with Gasteiger partial charge in [0, 0.05) is 14.1 Å². The van der Waals surface area contributed by atoms with E-state index in [2.05, 4.69) is 9.97 Å². The summed E-state index contributed by atoms with van der Waals surface area (Å²) < 4.78 is 0. The first-order valence-electron chi connectivity index (χ1n) is 3.16. The van der Waals surface area contributed by atoms with Crippen LogP contribution in [-0.4, -0.2) is 24.1 Å². The molecule has 0 aromatic carbocycles. The van der Waals surface area contributed by atoms with Gasteiger partial charge in [0.15, 0.2) is 0 Å². The molecule has 0 aliphatic carbocycles. The zero-order valence-electron chi connectivity index (χ0n) is 6.50. The Labute approximate surface area is 60.7 Å². The zero-order chi connectivity index (χ0) is 7.56. The van der Waals surface area contributed by atoms with E-state index in [4.69, 9.17) is 0 Å². The molecule has 0 radical (unpaired) electrons. The number of anilines is 1. The third kappa shape index (κ3) is 1.43. The Bertz CT molecular complexity index is 203. The van der Waals surface area contributed by atoms with Crippen LogP contribution in [0.3, 0.4) is 0 Å². The van der Waals surface area contributed by atoms with E-state index in [0.29, 0.717) is 0 Å². The van der Waals surface area contributed by atoms with Gasteiger partial charge in [-0.1, -0.05) is 0 Å². The van der Waals surface area contributed by atoms with Crippen molar-refractivity contribution in [3.05, 3.63) is 18.1 Å². The molecule has 1 rings (SSSR count). The first kappa shape index (κ1) is 6.99. The average Bonchev–Trinajstić information content (AvgIpc) is 1.88. The third-order valence-electron chi connectivity index (χ3n) is 1.23. The number of rotatable bonds is 1. The Hall–Kier alpha value is -1.12. The normalized spacial score (nSPS) is 9.50. The Morgan fingerprint density at radius 1 is 1.20 bits per heavy atom. The molecule has 3 heteroatoms. The smallest absolute Gasteiger partial charge is 0.146 e.